The van der Waals surface area contributed by atoms with E-state index in [4.69, 9.17) is 9.15 Å². The maximum Gasteiger partial charge on any atom is 0.258 e. The van der Waals surface area contributed by atoms with Crippen LogP contribution in [0.2, 0.25) is 0 Å². The minimum Gasteiger partial charge on any atom is -0.467 e. The summed E-state index contributed by atoms with van der Waals surface area (Å²) in [6.07, 6.45) is 4.86. The van der Waals surface area contributed by atoms with Crippen molar-refractivity contribution in [2.24, 2.45) is 17.3 Å². The second-order valence-corrected chi connectivity index (χ2v) is 8.59. The van der Waals surface area contributed by atoms with Gasteiger partial charge in [0.1, 0.15) is 11.5 Å². The second kappa shape index (κ2) is 6.12. The molecule has 1 aromatic heterocycles. The highest BCUT2D eigenvalue weighted by Crippen LogP contribution is 2.58. The van der Waals surface area contributed by atoms with Gasteiger partial charge in [0, 0.05) is 18.3 Å². The number of ether oxygens (including phenoxy) is 1. The van der Waals surface area contributed by atoms with Crippen LogP contribution in [0.25, 0.3) is 0 Å². The van der Waals surface area contributed by atoms with E-state index in [-0.39, 0.29) is 29.1 Å². The normalized spacial score (nSPS) is 33.1. The number of carbonyl (C=O) groups excluding carboxylic acids is 2. The van der Waals surface area contributed by atoms with Gasteiger partial charge in [-0.05, 0) is 48.9 Å². The Kier molecular flexibility index (Phi) is 3.79. The van der Waals surface area contributed by atoms with E-state index >= 15 is 0 Å². The van der Waals surface area contributed by atoms with E-state index < -0.39 is 5.72 Å². The summed E-state index contributed by atoms with van der Waals surface area (Å²) in [5.41, 5.74) is -0.356. The summed E-state index contributed by atoms with van der Waals surface area (Å²) in [4.78, 5) is 25.6. The molecule has 6 rings (SSSR count). The molecule has 3 fully saturated rings. The first-order valence-corrected chi connectivity index (χ1v) is 9.90. The van der Waals surface area contributed by atoms with E-state index in [1.807, 2.05) is 30.3 Å². The zero-order chi connectivity index (χ0) is 19.4. The third-order valence-corrected chi connectivity index (χ3v) is 6.83. The van der Waals surface area contributed by atoms with Crippen molar-refractivity contribution in [1.82, 2.24) is 10.6 Å². The Bertz CT molecular complexity index is 924. The van der Waals surface area contributed by atoms with Gasteiger partial charge in [-0.25, -0.2) is 0 Å². The molecule has 2 amide bonds. The average Bonchev–Trinajstić information content (AvgIpc) is 3.19. The van der Waals surface area contributed by atoms with Gasteiger partial charge in [-0.2, -0.15) is 0 Å². The van der Waals surface area contributed by atoms with Crippen molar-refractivity contribution >= 4 is 11.8 Å². The van der Waals surface area contributed by atoms with Crippen LogP contribution in [-0.2, 0) is 11.3 Å². The number of nitrogens with one attached hydrogen (secondary N) is 2. The molecule has 2 bridgehead atoms. The van der Waals surface area contributed by atoms with Gasteiger partial charge in [-0.1, -0.05) is 19.1 Å². The molecule has 4 atom stereocenters. The highest BCUT2D eigenvalue weighted by atomic mass is 16.5. The quantitative estimate of drug-likeness (QED) is 0.857. The van der Waals surface area contributed by atoms with Crippen LogP contribution in [0.1, 0.15) is 48.7 Å². The Morgan fingerprint density at radius 2 is 2.14 bits per heavy atom. The molecule has 1 aromatic carbocycles. The van der Waals surface area contributed by atoms with Crippen molar-refractivity contribution in [3.05, 3.63) is 54.0 Å². The molecule has 3 saturated carbocycles. The van der Waals surface area contributed by atoms with Crippen LogP contribution in [0.5, 0.6) is 5.75 Å². The number of hydrogen-bond donors (Lipinski definition) is 2. The molecular weight excluding hydrogens is 356 g/mol. The largest absolute Gasteiger partial charge is 0.467 e. The van der Waals surface area contributed by atoms with Crippen LogP contribution < -0.4 is 15.4 Å². The Hall–Kier alpha value is -2.76. The molecule has 0 radical (unpaired) electrons. The molecule has 2 N–H and O–H groups in total. The van der Waals surface area contributed by atoms with E-state index in [0.717, 1.165) is 18.6 Å². The molecule has 4 aliphatic rings. The monoisotopic (exact) mass is 380 g/mol. The fraction of sp³-hybridized carbons (Fsp3) is 0.455. The van der Waals surface area contributed by atoms with E-state index in [1.54, 1.807) is 12.3 Å². The Morgan fingerprint density at radius 1 is 1.29 bits per heavy atom. The Morgan fingerprint density at radius 3 is 2.93 bits per heavy atom. The van der Waals surface area contributed by atoms with Gasteiger partial charge in [0.05, 0.1) is 18.4 Å². The van der Waals surface area contributed by atoms with E-state index in [0.29, 0.717) is 30.7 Å². The lowest BCUT2D eigenvalue weighted by molar-refractivity contribution is -0.167. The van der Waals surface area contributed by atoms with Crippen molar-refractivity contribution in [3.8, 4) is 5.75 Å². The zero-order valence-corrected chi connectivity index (χ0v) is 15.9. The fourth-order valence-corrected chi connectivity index (χ4v) is 5.37. The predicted molar refractivity (Wildman–Crippen MR) is 101 cm³/mol. The number of furan rings is 1. The predicted octanol–water partition coefficient (Wildman–Crippen LogP) is 3.24. The minimum atomic E-state index is -0.712. The third-order valence-electron chi connectivity index (χ3n) is 6.83. The first-order valence-electron chi connectivity index (χ1n) is 9.90. The number of fused-ring (bicyclic) bond motifs is 3. The standard InChI is InChI=1S/C22H24N2O4/c1-21-9-8-14(11-17(21)20(26)23-12-15-5-4-10-27-15)22(13-21)24-19(25)16-6-2-3-7-18(16)28-22/h2-7,10,14,17H,8-9,11-13H2,1H3,(H,23,26)(H,24,25). The zero-order valence-electron chi connectivity index (χ0n) is 15.9. The molecule has 28 heavy (non-hydrogen) atoms. The Balaban J connectivity index is 1.37. The van der Waals surface area contributed by atoms with Crippen LogP contribution >= 0.6 is 0 Å². The van der Waals surface area contributed by atoms with Gasteiger partial charge in [0.2, 0.25) is 5.91 Å². The van der Waals surface area contributed by atoms with Gasteiger partial charge in [0.15, 0.2) is 5.72 Å². The summed E-state index contributed by atoms with van der Waals surface area (Å²) in [6.45, 7) is 2.55. The number of benzene rings is 1. The van der Waals surface area contributed by atoms with E-state index in [9.17, 15) is 9.59 Å². The third kappa shape index (κ3) is 2.62. The molecule has 6 nitrogen and oxygen atoms in total. The Labute approximate surface area is 163 Å². The van der Waals surface area contributed by atoms with Gasteiger partial charge in [0.25, 0.3) is 5.91 Å². The number of carbonyl (C=O) groups is 2. The molecule has 6 heteroatoms. The van der Waals surface area contributed by atoms with E-state index in [2.05, 4.69) is 17.6 Å². The second-order valence-electron chi connectivity index (χ2n) is 8.59. The average molecular weight is 380 g/mol. The topological polar surface area (TPSA) is 80.6 Å². The first-order chi connectivity index (χ1) is 13.5. The molecule has 1 spiro atoms. The highest BCUT2D eigenvalue weighted by molar-refractivity contribution is 5.98. The van der Waals surface area contributed by atoms with Crippen LogP contribution in [0, 0.1) is 17.3 Å². The maximum atomic E-state index is 12.9. The van der Waals surface area contributed by atoms with E-state index in [1.165, 1.54) is 0 Å². The van der Waals surface area contributed by atoms with Crippen molar-refractivity contribution in [2.75, 3.05) is 0 Å². The first kappa shape index (κ1) is 17.3. The molecule has 3 aliphatic carbocycles. The number of rotatable bonds is 3. The van der Waals surface area contributed by atoms with Crippen LogP contribution in [0.15, 0.2) is 47.1 Å². The van der Waals surface area contributed by atoms with Crippen LogP contribution in [0.4, 0.5) is 0 Å². The summed E-state index contributed by atoms with van der Waals surface area (Å²) in [6, 6.07) is 11.0. The highest BCUT2D eigenvalue weighted by Gasteiger charge is 2.61. The molecule has 2 aromatic rings. The molecule has 2 heterocycles. The fourth-order valence-electron chi connectivity index (χ4n) is 5.37. The number of amides is 2. The summed E-state index contributed by atoms with van der Waals surface area (Å²) in [5.74, 6) is 1.38. The van der Waals surface area contributed by atoms with Gasteiger partial charge in [-0.15, -0.1) is 0 Å². The maximum absolute atomic E-state index is 12.9. The molecule has 1 aliphatic heterocycles. The number of hydrogen-bond acceptors (Lipinski definition) is 4. The summed E-state index contributed by atoms with van der Waals surface area (Å²) >= 11 is 0. The molecule has 0 saturated heterocycles. The SMILES string of the molecule is CC12CCC(CC1C(=O)NCc1ccco1)C1(C2)NC(=O)c2ccccc2O1. The van der Waals surface area contributed by atoms with Crippen LogP contribution in [-0.4, -0.2) is 17.5 Å². The van der Waals surface area contributed by atoms with Gasteiger partial charge >= 0.3 is 0 Å². The lowest BCUT2D eigenvalue weighted by Crippen LogP contribution is -2.69. The van der Waals surface area contributed by atoms with Gasteiger partial charge < -0.3 is 19.8 Å². The smallest absolute Gasteiger partial charge is 0.258 e. The number of para-hydroxylation sites is 1. The summed E-state index contributed by atoms with van der Waals surface area (Å²) in [5, 5.41) is 6.17. The van der Waals surface area contributed by atoms with Crippen molar-refractivity contribution < 1.29 is 18.7 Å². The van der Waals surface area contributed by atoms with Crippen LogP contribution in [0.3, 0.4) is 0 Å². The van der Waals surface area contributed by atoms with Crippen molar-refractivity contribution in [3.63, 3.8) is 0 Å². The molecule has 4 unspecified atom stereocenters. The van der Waals surface area contributed by atoms with Gasteiger partial charge in [-0.3, -0.25) is 9.59 Å². The summed E-state index contributed by atoms with van der Waals surface area (Å²) < 4.78 is 11.7. The molecular formula is C22H24N2O4. The lowest BCUT2D eigenvalue weighted by atomic mass is 9.52. The minimum absolute atomic E-state index is 0.0565. The molecule has 146 valence electrons. The lowest BCUT2D eigenvalue weighted by Gasteiger charge is -2.59. The van der Waals surface area contributed by atoms with Crippen molar-refractivity contribution in [2.45, 2.75) is 44.9 Å². The van der Waals surface area contributed by atoms with Crippen molar-refractivity contribution in [1.29, 1.82) is 0 Å². The summed E-state index contributed by atoms with van der Waals surface area (Å²) in [7, 11) is 0.